The molecule has 0 radical (unpaired) electrons. The highest BCUT2D eigenvalue weighted by Crippen LogP contribution is 2.12. The van der Waals surface area contributed by atoms with Crippen molar-refractivity contribution in [3.63, 3.8) is 0 Å². The van der Waals surface area contributed by atoms with Crippen LogP contribution >= 0.6 is 11.3 Å². The zero-order valence-electron chi connectivity index (χ0n) is 7.45. The maximum absolute atomic E-state index is 11.5. The Morgan fingerprint density at radius 3 is 3.00 bits per heavy atom. The average molecular weight is 195 g/mol. The fourth-order valence-electron chi connectivity index (χ4n) is 1.42. The van der Waals surface area contributed by atoms with Crippen LogP contribution in [0.1, 0.15) is 12.0 Å². The van der Waals surface area contributed by atoms with Gasteiger partial charge in [-0.25, -0.2) is 0 Å². The fraction of sp³-hybridized carbons (Fsp3) is 0.500. The van der Waals surface area contributed by atoms with E-state index in [4.69, 9.17) is 0 Å². The largest absolute Gasteiger partial charge is 0.315 e. The van der Waals surface area contributed by atoms with E-state index in [1.54, 1.807) is 11.3 Å². The molecule has 13 heavy (non-hydrogen) atoms. The van der Waals surface area contributed by atoms with Crippen molar-refractivity contribution in [2.45, 2.75) is 12.8 Å². The van der Waals surface area contributed by atoms with Crippen LogP contribution in [0.4, 0.5) is 0 Å². The zero-order chi connectivity index (χ0) is 9.10. The first-order valence-electron chi connectivity index (χ1n) is 4.61. The number of thiophene rings is 1. The van der Waals surface area contributed by atoms with Crippen LogP contribution in [0.15, 0.2) is 16.8 Å². The van der Waals surface area contributed by atoms with Crippen molar-refractivity contribution in [1.82, 2.24) is 5.32 Å². The molecule has 3 heteroatoms. The third-order valence-electron chi connectivity index (χ3n) is 2.48. The topological polar surface area (TPSA) is 29.1 Å². The quantitative estimate of drug-likeness (QED) is 0.788. The van der Waals surface area contributed by atoms with Crippen molar-refractivity contribution in [1.29, 1.82) is 0 Å². The van der Waals surface area contributed by atoms with Crippen LogP contribution in [0, 0.1) is 5.92 Å². The normalized spacial score (nSPS) is 16.9. The van der Waals surface area contributed by atoms with E-state index >= 15 is 0 Å². The maximum atomic E-state index is 11.5. The van der Waals surface area contributed by atoms with Crippen LogP contribution in [-0.4, -0.2) is 18.9 Å². The number of Topliss-reactive ketones (excluding diaryl/α,β-unsaturated/α-hetero) is 1. The monoisotopic (exact) mass is 195 g/mol. The predicted octanol–water partition coefficient (Wildman–Crippen LogP) is 1.47. The Morgan fingerprint density at radius 1 is 1.62 bits per heavy atom. The Hall–Kier alpha value is -0.670. The summed E-state index contributed by atoms with van der Waals surface area (Å²) >= 11 is 1.70. The molecular weight excluding hydrogens is 182 g/mol. The van der Waals surface area contributed by atoms with Crippen molar-refractivity contribution in [2.24, 2.45) is 5.92 Å². The molecule has 0 unspecified atom stereocenters. The van der Waals surface area contributed by atoms with E-state index in [1.807, 2.05) is 0 Å². The number of carbonyl (C=O) groups excluding carboxylic acids is 1. The second kappa shape index (κ2) is 4.03. The number of nitrogens with one attached hydrogen (secondary N) is 1. The van der Waals surface area contributed by atoms with Gasteiger partial charge in [0.2, 0.25) is 0 Å². The van der Waals surface area contributed by atoms with Crippen LogP contribution in [0.5, 0.6) is 0 Å². The Labute approximate surface area is 82.0 Å². The second-order valence-electron chi connectivity index (χ2n) is 3.45. The number of hydrogen-bond acceptors (Lipinski definition) is 3. The number of carbonyl (C=O) groups is 1. The minimum absolute atomic E-state index is 0.304. The first kappa shape index (κ1) is 8.91. The lowest BCUT2D eigenvalue weighted by molar-refractivity contribution is -0.124. The van der Waals surface area contributed by atoms with Gasteiger partial charge < -0.3 is 5.32 Å². The predicted molar refractivity (Wildman–Crippen MR) is 54.0 cm³/mol. The van der Waals surface area contributed by atoms with Gasteiger partial charge in [-0.15, -0.1) is 0 Å². The molecule has 2 heterocycles. The standard InChI is InChI=1S/C10H13NOS/c12-10(9-5-11-6-9)2-1-8-3-4-13-7-8/h3-4,7,9,11H,1-2,5-6H2. The lowest BCUT2D eigenvalue weighted by Gasteiger charge is -2.25. The van der Waals surface area contributed by atoms with E-state index < -0.39 is 0 Å². The van der Waals surface area contributed by atoms with Gasteiger partial charge in [-0.2, -0.15) is 11.3 Å². The Kier molecular flexibility index (Phi) is 2.76. The molecular formula is C10H13NOS. The molecule has 1 aliphatic rings. The zero-order valence-corrected chi connectivity index (χ0v) is 8.27. The number of hydrogen-bond donors (Lipinski definition) is 1. The summed E-state index contributed by atoms with van der Waals surface area (Å²) in [6.45, 7) is 1.78. The third-order valence-corrected chi connectivity index (χ3v) is 3.21. The molecule has 0 atom stereocenters. The van der Waals surface area contributed by atoms with Crippen LogP contribution in [0.25, 0.3) is 0 Å². The Balaban J connectivity index is 1.76. The Morgan fingerprint density at radius 2 is 2.46 bits per heavy atom. The van der Waals surface area contributed by atoms with Gasteiger partial charge in [0, 0.05) is 25.4 Å². The summed E-state index contributed by atoms with van der Waals surface area (Å²) in [6, 6.07) is 2.09. The van der Waals surface area contributed by atoms with Crippen LogP contribution in [-0.2, 0) is 11.2 Å². The van der Waals surface area contributed by atoms with Gasteiger partial charge in [0.1, 0.15) is 5.78 Å². The molecule has 1 fully saturated rings. The van der Waals surface area contributed by atoms with E-state index in [0.29, 0.717) is 18.1 Å². The van der Waals surface area contributed by atoms with E-state index in [2.05, 4.69) is 22.1 Å². The van der Waals surface area contributed by atoms with Crippen LogP contribution < -0.4 is 5.32 Å². The summed E-state index contributed by atoms with van der Waals surface area (Å²) < 4.78 is 0. The molecule has 2 nitrogen and oxygen atoms in total. The molecule has 70 valence electrons. The SMILES string of the molecule is O=C(CCc1ccsc1)C1CNC1. The van der Waals surface area contributed by atoms with Gasteiger partial charge in [0.15, 0.2) is 0 Å². The molecule has 1 aliphatic heterocycles. The number of ketones is 1. The first-order chi connectivity index (χ1) is 6.36. The molecule has 0 amide bonds. The number of rotatable bonds is 4. The molecule has 2 rings (SSSR count). The van der Waals surface area contributed by atoms with Gasteiger partial charge in [0.05, 0.1) is 0 Å². The minimum Gasteiger partial charge on any atom is -0.315 e. The average Bonchev–Trinajstić information content (AvgIpc) is 2.49. The molecule has 1 saturated heterocycles. The molecule has 1 N–H and O–H groups in total. The summed E-state index contributed by atoms with van der Waals surface area (Å²) in [5, 5.41) is 7.29. The summed E-state index contributed by atoms with van der Waals surface area (Å²) in [4.78, 5) is 11.5. The highest BCUT2D eigenvalue weighted by molar-refractivity contribution is 7.07. The third kappa shape index (κ3) is 2.17. The molecule has 0 aromatic carbocycles. The summed E-state index contributed by atoms with van der Waals surface area (Å²) in [5.74, 6) is 0.726. The van der Waals surface area contributed by atoms with Gasteiger partial charge in [0.25, 0.3) is 0 Å². The van der Waals surface area contributed by atoms with Crippen molar-refractivity contribution in [2.75, 3.05) is 13.1 Å². The maximum Gasteiger partial charge on any atom is 0.138 e. The second-order valence-corrected chi connectivity index (χ2v) is 4.23. The minimum atomic E-state index is 0.304. The fourth-order valence-corrected chi connectivity index (χ4v) is 2.13. The van der Waals surface area contributed by atoms with E-state index in [-0.39, 0.29) is 0 Å². The highest BCUT2D eigenvalue weighted by Gasteiger charge is 2.23. The molecule has 1 aromatic rings. The summed E-state index contributed by atoms with van der Waals surface area (Å²) in [5.41, 5.74) is 1.30. The lowest BCUT2D eigenvalue weighted by Crippen LogP contribution is -2.46. The van der Waals surface area contributed by atoms with Crippen molar-refractivity contribution in [3.05, 3.63) is 22.4 Å². The van der Waals surface area contributed by atoms with Gasteiger partial charge in [-0.3, -0.25) is 4.79 Å². The molecule has 0 spiro atoms. The van der Waals surface area contributed by atoms with Crippen LogP contribution in [0.3, 0.4) is 0 Å². The molecule has 1 aromatic heterocycles. The highest BCUT2D eigenvalue weighted by atomic mass is 32.1. The summed E-state index contributed by atoms with van der Waals surface area (Å²) in [6.07, 6.45) is 1.63. The van der Waals surface area contributed by atoms with Crippen molar-refractivity contribution < 1.29 is 4.79 Å². The Bertz CT molecular complexity index is 277. The molecule has 0 bridgehead atoms. The van der Waals surface area contributed by atoms with Crippen molar-refractivity contribution >= 4 is 17.1 Å². The van der Waals surface area contributed by atoms with E-state index in [0.717, 1.165) is 19.5 Å². The number of aryl methyl sites for hydroxylation is 1. The molecule has 0 aliphatic carbocycles. The van der Waals surface area contributed by atoms with E-state index in [9.17, 15) is 4.79 Å². The van der Waals surface area contributed by atoms with Gasteiger partial charge in [-0.05, 0) is 28.8 Å². The van der Waals surface area contributed by atoms with Gasteiger partial charge >= 0.3 is 0 Å². The van der Waals surface area contributed by atoms with Gasteiger partial charge in [-0.1, -0.05) is 0 Å². The summed E-state index contributed by atoms with van der Waals surface area (Å²) in [7, 11) is 0. The van der Waals surface area contributed by atoms with E-state index in [1.165, 1.54) is 5.56 Å². The first-order valence-corrected chi connectivity index (χ1v) is 5.55. The lowest BCUT2D eigenvalue weighted by atomic mass is 9.94. The smallest absolute Gasteiger partial charge is 0.138 e. The molecule has 0 saturated carbocycles. The van der Waals surface area contributed by atoms with Crippen molar-refractivity contribution in [3.8, 4) is 0 Å². The van der Waals surface area contributed by atoms with Crippen LogP contribution in [0.2, 0.25) is 0 Å².